The Bertz CT molecular complexity index is 931. The largest absolute Gasteiger partial charge is 0.394 e. The minimum atomic E-state index is -4.12. The van der Waals surface area contributed by atoms with Crippen LogP contribution in [0.15, 0.2) is 72.3 Å². The molecule has 1 aliphatic rings. The summed E-state index contributed by atoms with van der Waals surface area (Å²) in [4.78, 5) is 0. The summed E-state index contributed by atoms with van der Waals surface area (Å²) in [6.45, 7) is 3.36. The van der Waals surface area contributed by atoms with Crippen molar-refractivity contribution >= 4 is 7.60 Å². The summed E-state index contributed by atoms with van der Waals surface area (Å²) in [7, 11) is -4.12. The summed E-state index contributed by atoms with van der Waals surface area (Å²) in [5, 5.41) is 9.94. The molecule has 0 aromatic heterocycles. The fraction of sp³-hybridized carbons (Fsp3) is 0.440. The van der Waals surface area contributed by atoms with Crippen molar-refractivity contribution in [1.29, 1.82) is 0 Å². The number of ether oxygens (including phenoxy) is 3. The van der Waals surface area contributed by atoms with Crippen molar-refractivity contribution in [3.8, 4) is 0 Å². The number of halogens is 1. The van der Waals surface area contributed by atoms with Crippen LogP contribution >= 0.6 is 7.60 Å². The second-order valence-corrected chi connectivity index (χ2v) is 9.61. The van der Waals surface area contributed by atoms with E-state index in [1.807, 2.05) is 60.7 Å². The van der Waals surface area contributed by atoms with Crippen LogP contribution in [0.25, 0.3) is 0 Å². The third kappa shape index (κ3) is 7.06. The average molecular weight is 494 g/mol. The molecule has 1 heterocycles. The highest BCUT2D eigenvalue weighted by Crippen LogP contribution is 2.57. The topological polar surface area (TPSA) is 83.5 Å². The molecule has 4 atom stereocenters. The maximum atomic E-state index is 15.1. The van der Waals surface area contributed by atoms with E-state index < -0.39 is 37.6 Å². The smallest absolute Gasteiger partial charge is 0.389 e. The first-order valence-electron chi connectivity index (χ1n) is 11.3. The molecule has 0 radical (unpaired) electrons. The van der Waals surface area contributed by atoms with Crippen LogP contribution in [0, 0.1) is 0 Å². The molecule has 0 unspecified atom stereocenters. The molecule has 7 nitrogen and oxygen atoms in total. The van der Waals surface area contributed by atoms with Gasteiger partial charge in [0.05, 0.1) is 33.0 Å². The Morgan fingerprint density at radius 1 is 0.941 bits per heavy atom. The maximum absolute atomic E-state index is 15.1. The number of hydrogen-bond donors (Lipinski definition) is 1. The van der Waals surface area contributed by atoms with Crippen molar-refractivity contribution in [2.45, 2.75) is 51.5 Å². The van der Waals surface area contributed by atoms with Gasteiger partial charge in [-0.25, -0.2) is 0 Å². The molecule has 0 saturated carbocycles. The van der Waals surface area contributed by atoms with E-state index in [0.29, 0.717) is 0 Å². The lowest BCUT2D eigenvalue weighted by Crippen LogP contribution is -2.38. The molecule has 3 rings (SSSR count). The Morgan fingerprint density at radius 3 is 1.91 bits per heavy atom. The second-order valence-electron chi connectivity index (χ2n) is 7.67. The van der Waals surface area contributed by atoms with Gasteiger partial charge in [0.15, 0.2) is 0 Å². The normalized spacial score (nSPS) is 23.4. The summed E-state index contributed by atoms with van der Waals surface area (Å²) < 4.78 is 56.3. The summed E-state index contributed by atoms with van der Waals surface area (Å²) in [6, 6.07) is 19.0. The summed E-state index contributed by atoms with van der Waals surface area (Å²) in [5.41, 5.74) is 0.785. The first-order chi connectivity index (χ1) is 16.5. The highest BCUT2D eigenvalue weighted by molar-refractivity contribution is 7.58. The minimum Gasteiger partial charge on any atom is -0.394 e. The Labute approximate surface area is 200 Å². The number of aliphatic hydroxyl groups is 1. The third-order valence-electron chi connectivity index (χ3n) is 5.26. The predicted octanol–water partition coefficient (Wildman–Crippen LogP) is 4.99. The van der Waals surface area contributed by atoms with Crippen molar-refractivity contribution < 1.29 is 37.3 Å². The number of hydrogen-bond acceptors (Lipinski definition) is 7. The lowest BCUT2D eigenvalue weighted by molar-refractivity contribution is -0.0822. The Balaban J connectivity index is 1.85. The standard InChI is InChI=1S/C25H32FO7P/c1-3-31-34(28,32-4-2)23(26)15-21-24(29-17-19-11-7-5-8-12-19)25(22(16-27)33-21)30-18-20-13-9-6-10-14-20/h5-15,21-22,24-25,27H,3-4,16-18H2,1-2H3/b23-15+/t21-,22-,24-,25-/m1/s1. The molecule has 186 valence electrons. The quantitative estimate of drug-likeness (QED) is 0.393. The summed E-state index contributed by atoms with van der Waals surface area (Å²) in [5.74, 6) is 0. The van der Waals surface area contributed by atoms with Crippen LogP contribution in [0.2, 0.25) is 0 Å². The van der Waals surface area contributed by atoms with Crippen LogP contribution < -0.4 is 0 Å². The van der Waals surface area contributed by atoms with Gasteiger partial charge in [-0.2, -0.15) is 4.39 Å². The molecule has 0 amide bonds. The van der Waals surface area contributed by atoms with E-state index in [9.17, 15) is 9.67 Å². The van der Waals surface area contributed by atoms with Gasteiger partial charge in [-0.05, 0) is 31.1 Å². The number of rotatable bonds is 13. The lowest BCUT2D eigenvalue weighted by Gasteiger charge is -2.24. The average Bonchev–Trinajstić information content (AvgIpc) is 3.19. The summed E-state index contributed by atoms with van der Waals surface area (Å²) in [6.07, 6.45) is -2.16. The molecular weight excluding hydrogens is 462 g/mol. The van der Waals surface area contributed by atoms with E-state index in [-0.39, 0.29) is 33.0 Å². The van der Waals surface area contributed by atoms with Crippen LogP contribution in [0.1, 0.15) is 25.0 Å². The fourth-order valence-electron chi connectivity index (χ4n) is 3.69. The lowest BCUT2D eigenvalue weighted by atomic mass is 10.1. The van der Waals surface area contributed by atoms with Crippen molar-refractivity contribution in [1.82, 2.24) is 0 Å². The zero-order valence-corrected chi connectivity index (χ0v) is 20.3. The molecule has 9 heteroatoms. The van der Waals surface area contributed by atoms with Gasteiger partial charge >= 0.3 is 7.60 Å². The van der Waals surface area contributed by atoms with E-state index in [1.54, 1.807) is 13.8 Å². The Kier molecular flexibility index (Phi) is 10.4. The monoisotopic (exact) mass is 494 g/mol. The predicted molar refractivity (Wildman–Crippen MR) is 126 cm³/mol. The fourth-order valence-corrected chi connectivity index (χ4v) is 5.02. The molecule has 1 aliphatic heterocycles. The van der Waals surface area contributed by atoms with Crippen LogP contribution in [0.3, 0.4) is 0 Å². The zero-order valence-electron chi connectivity index (χ0n) is 19.4. The molecule has 1 N–H and O–H groups in total. The van der Waals surface area contributed by atoms with Gasteiger partial charge in [0.2, 0.25) is 5.57 Å². The molecule has 2 aromatic rings. The molecule has 34 heavy (non-hydrogen) atoms. The van der Waals surface area contributed by atoms with Crippen LogP contribution in [0.4, 0.5) is 4.39 Å². The van der Waals surface area contributed by atoms with Gasteiger partial charge in [0.1, 0.15) is 24.4 Å². The van der Waals surface area contributed by atoms with Crippen molar-refractivity contribution in [2.75, 3.05) is 19.8 Å². The maximum Gasteiger partial charge on any atom is 0.389 e. The molecule has 1 saturated heterocycles. The minimum absolute atomic E-state index is 0.0140. The molecule has 0 aliphatic carbocycles. The molecule has 0 spiro atoms. The van der Waals surface area contributed by atoms with Crippen LogP contribution in [-0.2, 0) is 41.0 Å². The van der Waals surface area contributed by atoms with Crippen LogP contribution in [-0.4, -0.2) is 49.3 Å². The molecule has 2 aromatic carbocycles. The first-order valence-corrected chi connectivity index (χ1v) is 12.9. The molecule has 0 bridgehead atoms. The first kappa shape index (κ1) is 26.7. The SMILES string of the molecule is CCOP(=O)(OCC)/C(F)=C/[C@H]1O[C@H](CO)[C@@H](OCc2ccccc2)[C@@H]1OCc1ccccc1. The van der Waals surface area contributed by atoms with Gasteiger partial charge < -0.3 is 28.4 Å². The van der Waals surface area contributed by atoms with Crippen molar-refractivity contribution in [3.05, 3.63) is 83.4 Å². The van der Waals surface area contributed by atoms with Gasteiger partial charge in [-0.3, -0.25) is 4.57 Å². The Hall–Kier alpha value is -1.90. The number of aliphatic hydroxyl groups excluding tert-OH is 1. The van der Waals surface area contributed by atoms with Crippen molar-refractivity contribution in [3.63, 3.8) is 0 Å². The van der Waals surface area contributed by atoms with E-state index in [2.05, 4.69) is 0 Å². The molecular formula is C25H32FO7P. The number of benzene rings is 2. The van der Waals surface area contributed by atoms with Gasteiger partial charge in [0, 0.05) is 0 Å². The highest BCUT2D eigenvalue weighted by atomic mass is 31.2. The van der Waals surface area contributed by atoms with E-state index in [1.165, 1.54) is 0 Å². The highest BCUT2D eigenvalue weighted by Gasteiger charge is 2.46. The van der Waals surface area contributed by atoms with Gasteiger partial charge in [-0.15, -0.1) is 0 Å². The van der Waals surface area contributed by atoms with Gasteiger partial charge in [-0.1, -0.05) is 60.7 Å². The third-order valence-corrected chi connectivity index (χ3v) is 7.13. The van der Waals surface area contributed by atoms with Crippen molar-refractivity contribution in [2.24, 2.45) is 0 Å². The van der Waals surface area contributed by atoms with E-state index >= 15 is 4.39 Å². The second kappa shape index (κ2) is 13.3. The van der Waals surface area contributed by atoms with Crippen LogP contribution in [0.5, 0.6) is 0 Å². The Morgan fingerprint density at radius 2 is 1.44 bits per heavy atom. The summed E-state index contributed by atoms with van der Waals surface area (Å²) >= 11 is 0. The van der Waals surface area contributed by atoms with E-state index in [4.69, 9.17) is 23.3 Å². The van der Waals surface area contributed by atoms with E-state index in [0.717, 1.165) is 17.2 Å². The van der Waals surface area contributed by atoms with Gasteiger partial charge in [0.25, 0.3) is 0 Å². The molecule has 1 fully saturated rings. The zero-order chi connectivity index (χ0) is 24.4.